The van der Waals surface area contributed by atoms with Crippen LogP contribution in [0.3, 0.4) is 0 Å². The number of nitrogens with one attached hydrogen (secondary N) is 2. The number of aromatic nitrogens is 2. The van der Waals surface area contributed by atoms with Gasteiger partial charge in [-0.3, -0.25) is 10.00 Å². The highest BCUT2D eigenvalue weighted by atomic mass is 32.2. The molecule has 2 heterocycles. The molecule has 1 unspecified atom stereocenters. The zero-order valence-corrected chi connectivity index (χ0v) is 12.6. The number of rotatable bonds is 6. The molecule has 0 amide bonds. The highest BCUT2D eigenvalue weighted by Gasteiger charge is 2.23. The van der Waals surface area contributed by atoms with Gasteiger partial charge in [0.15, 0.2) is 5.03 Å². The van der Waals surface area contributed by atoms with Gasteiger partial charge < -0.3 is 5.73 Å². The quantitative estimate of drug-likeness (QED) is 0.687. The van der Waals surface area contributed by atoms with Crippen LogP contribution in [0.5, 0.6) is 0 Å². The predicted octanol–water partition coefficient (Wildman–Crippen LogP) is 0.0211. The van der Waals surface area contributed by atoms with E-state index < -0.39 is 10.0 Å². The van der Waals surface area contributed by atoms with E-state index >= 15 is 0 Å². The third kappa shape index (κ3) is 3.57. The van der Waals surface area contributed by atoms with Crippen molar-refractivity contribution in [3.05, 3.63) is 11.8 Å². The molecule has 1 atom stereocenters. The van der Waals surface area contributed by atoms with Crippen LogP contribution < -0.4 is 10.5 Å². The molecular formula is C12H23N5O2S. The van der Waals surface area contributed by atoms with Gasteiger partial charge in [-0.1, -0.05) is 6.42 Å². The van der Waals surface area contributed by atoms with Crippen LogP contribution >= 0.6 is 0 Å². The molecule has 8 heteroatoms. The summed E-state index contributed by atoms with van der Waals surface area (Å²) in [4.78, 5) is 2.32. The summed E-state index contributed by atoms with van der Waals surface area (Å²) in [6.07, 6.45) is 5.09. The van der Waals surface area contributed by atoms with Gasteiger partial charge in [0, 0.05) is 24.7 Å². The van der Waals surface area contributed by atoms with E-state index in [0.717, 1.165) is 13.1 Å². The van der Waals surface area contributed by atoms with E-state index in [2.05, 4.69) is 19.8 Å². The summed E-state index contributed by atoms with van der Waals surface area (Å²) in [6.45, 7) is 4.67. The van der Waals surface area contributed by atoms with Crippen molar-refractivity contribution in [3.63, 3.8) is 0 Å². The topological polar surface area (TPSA) is 104 Å². The summed E-state index contributed by atoms with van der Waals surface area (Å²) in [5.41, 5.74) is 6.01. The minimum absolute atomic E-state index is 0.0749. The summed E-state index contributed by atoms with van der Waals surface area (Å²) in [7, 11) is -3.57. The Hall–Kier alpha value is -0.960. The van der Waals surface area contributed by atoms with Gasteiger partial charge in [-0.05, 0) is 32.9 Å². The van der Waals surface area contributed by atoms with E-state index in [4.69, 9.17) is 5.73 Å². The van der Waals surface area contributed by atoms with Crippen LogP contribution in [0.1, 0.15) is 31.7 Å². The second-order valence-electron chi connectivity index (χ2n) is 5.23. The van der Waals surface area contributed by atoms with Crippen LogP contribution in [0.4, 0.5) is 0 Å². The Morgan fingerprint density at radius 3 is 2.80 bits per heavy atom. The summed E-state index contributed by atoms with van der Waals surface area (Å²) in [5, 5.41) is 6.32. The molecule has 1 fully saturated rings. The molecule has 1 saturated heterocycles. The Morgan fingerprint density at radius 1 is 1.45 bits per heavy atom. The fourth-order valence-electron chi connectivity index (χ4n) is 2.47. The van der Waals surface area contributed by atoms with Crippen molar-refractivity contribution in [1.29, 1.82) is 0 Å². The molecule has 0 radical (unpaired) electrons. The predicted molar refractivity (Wildman–Crippen MR) is 76.6 cm³/mol. The van der Waals surface area contributed by atoms with E-state index in [1.165, 1.54) is 25.5 Å². The lowest BCUT2D eigenvalue weighted by Gasteiger charge is -2.32. The van der Waals surface area contributed by atoms with Crippen LogP contribution in [-0.4, -0.2) is 49.2 Å². The average Bonchev–Trinajstić information content (AvgIpc) is 2.95. The molecule has 1 aliphatic heterocycles. The normalized spacial score (nSPS) is 19.1. The lowest BCUT2D eigenvalue weighted by molar-refractivity contribution is 0.175. The molecule has 0 aliphatic carbocycles. The van der Waals surface area contributed by atoms with Gasteiger partial charge in [0.05, 0.1) is 6.20 Å². The zero-order chi connectivity index (χ0) is 14.6. The van der Waals surface area contributed by atoms with Gasteiger partial charge in [0.2, 0.25) is 0 Å². The fourth-order valence-corrected chi connectivity index (χ4v) is 3.73. The third-order valence-electron chi connectivity index (χ3n) is 3.75. The number of H-pyrrole nitrogens is 1. The van der Waals surface area contributed by atoms with Crippen LogP contribution in [0, 0.1) is 0 Å². The largest absolute Gasteiger partial charge is 0.326 e. The van der Waals surface area contributed by atoms with Crippen molar-refractivity contribution >= 4 is 10.0 Å². The van der Waals surface area contributed by atoms with Gasteiger partial charge in [-0.15, -0.1) is 0 Å². The van der Waals surface area contributed by atoms with Crippen LogP contribution in [0.25, 0.3) is 0 Å². The number of nitrogens with zero attached hydrogens (tertiary/aromatic N) is 2. The molecule has 4 N–H and O–H groups in total. The zero-order valence-electron chi connectivity index (χ0n) is 11.8. The molecule has 2 rings (SSSR count). The Balaban J connectivity index is 1.95. The van der Waals surface area contributed by atoms with Gasteiger partial charge in [-0.25, -0.2) is 13.1 Å². The second kappa shape index (κ2) is 6.66. The standard InChI is InChI=1S/C12H23N5O2S/c1-10(17-5-3-2-4-6-17)8-15-20(18,19)12-11(7-13)9-14-16-12/h9-10,15H,2-8,13H2,1H3,(H,14,16). The van der Waals surface area contributed by atoms with E-state index in [-0.39, 0.29) is 17.6 Å². The summed E-state index contributed by atoms with van der Waals surface area (Å²) < 4.78 is 27.0. The van der Waals surface area contributed by atoms with Crippen molar-refractivity contribution in [2.45, 2.75) is 43.8 Å². The molecule has 114 valence electrons. The molecule has 0 saturated carbocycles. The number of nitrogens with two attached hydrogens (primary N) is 1. The van der Waals surface area contributed by atoms with Gasteiger partial charge in [-0.2, -0.15) is 5.10 Å². The first-order valence-electron chi connectivity index (χ1n) is 7.00. The third-order valence-corrected chi connectivity index (χ3v) is 5.19. The van der Waals surface area contributed by atoms with Crippen LogP contribution in [0.15, 0.2) is 11.2 Å². The number of hydrogen-bond acceptors (Lipinski definition) is 5. The Labute approximate surface area is 120 Å². The minimum Gasteiger partial charge on any atom is -0.326 e. The number of likely N-dealkylation sites (tertiary alicyclic amines) is 1. The van der Waals surface area contributed by atoms with E-state index in [1.807, 2.05) is 6.92 Å². The Morgan fingerprint density at radius 2 is 2.15 bits per heavy atom. The molecule has 0 spiro atoms. The van der Waals surface area contributed by atoms with Crippen molar-refractivity contribution in [2.75, 3.05) is 19.6 Å². The van der Waals surface area contributed by atoms with Crippen molar-refractivity contribution in [1.82, 2.24) is 19.8 Å². The first-order valence-corrected chi connectivity index (χ1v) is 8.49. The van der Waals surface area contributed by atoms with Gasteiger partial charge in [0.1, 0.15) is 0 Å². The summed E-state index contributed by atoms with van der Waals surface area (Å²) in [5.74, 6) is 0. The molecule has 1 aromatic rings. The highest BCUT2D eigenvalue weighted by Crippen LogP contribution is 2.13. The molecule has 7 nitrogen and oxygen atoms in total. The maximum Gasteiger partial charge on any atom is 0.257 e. The van der Waals surface area contributed by atoms with E-state index in [1.54, 1.807) is 0 Å². The van der Waals surface area contributed by atoms with Crippen LogP contribution in [-0.2, 0) is 16.6 Å². The number of piperidine rings is 1. The van der Waals surface area contributed by atoms with Crippen molar-refractivity contribution < 1.29 is 8.42 Å². The van der Waals surface area contributed by atoms with E-state index in [0.29, 0.717) is 12.1 Å². The summed E-state index contributed by atoms with van der Waals surface area (Å²) >= 11 is 0. The number of hydrogen-bond donors (Lipinski definition) is 3. The lowest BCUT2D eigenvalue weighted by atomic mass is 10.1. The van der Waals surface area contributed by atoms with Crippen LogP contribution in [0.2, 0.25) is 0 Å². The first kappa shape index (κ1) is 15.4. The molecule has 1 aromatic heterocycles. The molecule has 0 aromatic carbocycles. The van der Waals surface area contributed by atoms with Crippen molar-refractivity contribution in [2.24, 2.45) is 5.73 Å². The van der Waals surface area contributed by atoms with Gasteiger partial charge >= 0.3 is 0 Å². The Bertz CT molecular complexity index is 522. The highest BCUT2D eigenvalue weighted by molar-refractivity contribution is 7.89. The number of sulfonamides is 1. The maximum atomic E-state index is 12.2. The van der Waals surface area contributed by atoms with E-state index in [9.17, 15) is 8.42 Å². The monoisotopic (exact) mass is 301 g/mol. The summed E-state index contributed by atoms with van der Waals surface area (Å²) in [6, 6.07) is 0.189. The molecular weight excluding hydrogens is 278 g/mol. The van der Waals surface area contributed by atoms with Gasteiger partial charge in [0.25, 0.3) is 10.0 Å². The molecule has 1 aliphatic rings. The SMILES string of the molecule is CC(CNS(=O)(=O)c1[nH]ncc1CN)N1CCCCC1. The molecule has 0 bridgehead atoms. The second-order valence-corrected chi connectivity index (χ2v) is 6.93. The molecule has 20 heavy (non-hydrogen) atoms. The van der Waals surface area contributed by atoms with Crippen molar-refractivity contribution in [3.8, 4) is 0 Å². The lowest BCUT2D eigenvalue weighted by Crippen LogP contribution is -2.44. The smallest absolute Gasteiger partial charge is 0.257 e. The maximum absolute atomic E-state index is 12.2. The average molecular weight is 301 g/mol. The Kier molecular flexibility index (Phi) is 5.14. The minimum atomic E-state index is -3.57. The fraction of sp³-hybridized carbons (Fsp3) is 0.750. The number of aromatic amines is 1. The first-order chi connectivity index (χ1) is 9.54.